The summed E-state index contributed by atoms with van der Waals surface area (Å²) in [7, 11) is 1.73. The van der Waals surface area contributed by atoms with Gasteiger partial charge in [0, 0.05) is 7.11 Å². The Bertz CT molecular complexity index is 239. The standard InChI is InChI=1S/C8H12BrNOS/c1-3-4-6(11-2)8-10-5-7(9)12-8/h5-6H,3-4H2,1-2H3/t6-/m0/s1. The fraction of sp³-hybridized carbons (Fsp3) is 0.625. The zero-order valence-corrected chi connectivity index (χ0v) is 9.61. The van der Waals surface area contributed by atoms with Gasteiger partial charge in [-0.25, -0.2) is 4.98 Å². The Balaban J connectivity index is 2.66. The first-order valence-electron chi connectivity index (χ1n) is 3.92. The minimum absolute atomic E-state index is 0.172. The topological polar surface area (TPSA) is 22.1 Å². The second-order valence-electron chi connectivity index (χ2n) is 2.52. The van der Waals surface area contributed by atoms with Crippen LogP contribution >= 0.6 is 27.3 Å². The molecule has 12 heavy (non-hydrogen) atoms. The van der Waals surface area contributed by atoms with Crippen molar-refractivity contribution in [2.24, 2.45) is 0 Å². The molecule has 1 aromatic rings. The molecule has 1 rings (SSSR count). The molecule has 0 saturated carbocycles. The van der Waals surface area contributed by atoms with Gasteiger partial charge in [-0.2, -0.15) is 0 Å². The summed E-state index contributed by atoms with van der Waals surface area (Å²) in [5.74, 6) is 0. The van der Waals surface area contributed by atoms with Crippen LogP contribution in [0.1, 0.15) is 30.9 Å². The van der Waals surface area contributed by atoms with Gasteiger partial charge < -0.3 is 4.74 Å². The minimum atomic E-state index is 0.172. The smallest absolute Gasteiger partial charge is 0.123 e. The lowest BCUT2D eigenvalue weighted by molar-refractivity contribution is 0.0947. The Labute approximate surface area is 85.1 Å². The molecule has 68 valence electrons. The van der Waals surface area contributed by atoms with Gasteiger partial charge in [0.25, 0.3) is 0 Å². The number of ether oxygens (including phenoxy) is 1. The maximum atomic E-state index is 5.32. The highest BCUT2D eigenvalue weighted by atomic mass is 79.9. The zero-order valence-electron chi connectivity index (χ0n) is 7.21. The van der Waals surface area contributed by atoms with Crippen LogP contribution in [0.5, 0.6) is 0 Å². The van der Waals surface area contributed by atoms with Crippen LogP contribution in [-0.2, 0) is 4.74 Å². The molecule has 4 heteroatoms. The van der Waals surface area contributed by atoms with E-state index in [0.29, 0.717) is 0 Å². The van der Waals surface area contributed by atoms with Gasteiger partial charge in [-0.1, -0.05) is 13.3 Å². The fourth-order valence-electron chi connectivity index (χ4n) is 1.02. The highest BCUT2D eigenvalue weighted by Gasteiger charge is 2.12. The average molecular weight is 250 g/mol. The van der Waals surface area contributed by atoms with Crippen LogP contribution in [-0.4, -0.2) is 12.1 Å². The summed E-state index contributed by atoms with van der Waals surface area (Å²) >= 11 is 5.02. The number of hydrogen-bond acceptors (Lipinski definition) is 3. The summed E-state index contributed by atoms with van der Waals surface area (Å²) in [6.07, 6.45) is 4.15. The molecule has 1 heterocycles. The molecule has 2 nitrogen and oxygen atoms in total. The van der Waals surface area contributed by atoms with Crippen LogP contribution in [0.25, 0.3) is 0 Å². The summed E-state index contributed by atoms with van der Waals surface area (Å²) in [5.41, 5.74) is 0. The normalized spacial score (nSPS) is 13.2. The van der Waals surface area contributed by atoms with Crippen molar-refractivity contribution in [2.45, 2.75) is 25.9 Å². The van der Waals surface area contributed by atoms with E-state index in [-0.39, 0.29) is 6.10 Å². The molecule has 0 aromatic carbocycles. The summed E-state index contributed by atoms with van der Waals surface area (Å²) in [6.45, 7) is 2.15. The van der Waals surface area contributed by atoms with Gasteiger partial charge in [-0.15, -0.1) is 11.3 Å². The molecule has 0 aliphatic heterocycles. The van der Waals surface area contributed by atoms with E-state index in [9.17, 15) is 0 Å². The maximum absolute atomic E-state index is 5.32. The quantitative estimate of drug-likeness (QED) is 0.817. The lowest BCUT2D eigenvalue weighted by Crippen LogP contribution is -1.99. The van der Waals surface area contributed by atoms with Gasteiger partial charge in [0.1, 0.15) is 11.1 Å². The van der Waals surface area contributed by atoms with Crippen molar-refractivity contribution in [1.82, 2.24) is 4.98 Å². The SMILES string of the molecule is CCC[C@H](OC)c1ncc(Br)s1. The van der Waals surface area contributed by atoms with E-state index in [1.165, 1.54) is 0 Å². The van der Waals surface area contributed by atoms with Crippen molar-refractivity contribution >= 4 is 27.3 Å². The fourth-order valence-corrected chi connectivity index (χ4v) is 2.38. The number of hydrogen-bond donors (Lipinski definition) is 0. The molecule has 0 N–H and O–H groups in total. The molecular weight excluding hydrogens is 238 g/mol. The molecule has 0 spiro atoms. The Morgan fingerprint density at radius 3 is 2.92 bits per heavy atom. The lowest BCUT2D eigenvalue weighted by atomic mass is 10.2. The molecule has 0 fully saturated rings. The molecule has 0 saturated heterocycles. The Morgan fingerprint density at radius 2 is 2.50 bits per heavy atom. The largest absolute Gasteiger partial charge is 0.374 e. The van der Waals surface area contributed by atoms with Crippen LogP contribution in [0.4, 0.5) is 0 Å². The number of rotatable bonds is 4. The van der Waals surface area contributed by atoms with Crippen molar-refractivity contribution in [3.05, 3.63) is 15.0 Å². The van der Waals surface area contributed by atoms with Gasteiger partial charge >= 0.3 is 0 Å². The highest BCUT2D eigenvalue weighted by Crippen LogP contribution is 2.28. The van der Waals surface area contributed by atoms with Crippen molar-refractivity contribution in [3.8, 4) is 0 Å². The molecule has 1 atom stereocenters. The Kier molecular flexibility index (Phi) is 4.18. The Morgan fingerprint density at radius 1 is 1.75 bits per heavy atom. The van der Waals surface area contributed by atoms with Crippen LogP contribution < -0.4 is 0 Å². The first kappa shape index (κ1) is 10.2. The second-order valence-corrected chi connectivity index (χ2v) is 4.96. The van der Waals surface area contributed by atoms with E-state index in [2.05, 4.69) is 27.8 Å². The van der Waals surface area contributed by atoms with Crippen LogP contribution in [0, 0.1) is 0 Å². The number of nitrogens with zero attached hydrogens (tertiary/aromatic N) is 1. The Hall–Kier alpha value is 0.0700. The van der Waals surface area contributed by atoms with E-state index in [1.807, 2.05) is 6.20 Å². The molecule has 0 radical (unpaired) electrons. The van der Waals surface area contributed by atoms with E-state index in [0.717, 1.165) is 21.6 Å². The highest BCUT2D eigenvalue weighted by molar-refractivity contribution is 9.11. The van der Waals surface area contributed by atoms with E-state index >= 15 is 0 Å². The number of thiazole rings is 1. The van der Waals surface area contributed by atoms with Gasteiger partial charge in [0.2, 0.25) is 0 Å². The summed E-state index contributed by atoms with van der Waals surface area (Å²) in [6, 6.07) is 0. The number of halogens is 1. The van der Waals surface area contributed by atoms with Crippen LogP contribution in [0.3, 0.4) is 0 Å². The predicted molar refractivity (Wildman–Crippen MR) is 54.5 cm³/mol. The third kappa shape index (κ3) is 2.54. The third-order valence-corrected chi connectivity index (χ3v) is 3.17. The van der Waals surface area contributed by atoms with Crippen molar-refractivity contribution in [2.75, 3.05) is 7.11 Å². The maximum Gasteiger partial charge on any atom is 0.123 e. The second kappa shape index (κ2) is 4.94. The van der Waals surface area contributed by atoms with Crippen molar-refractivity contribution in [3.63, 3.8) is 0 Å². The average Bonchev–Trinajstić information content (AvgIpc) is 2.47. The van der Waals surface area contributed by atoms with Crippen LogP contribution in [0.2, 0.25) is 0 Å². The van der Waals surface area contributed by atoms with E-state index in [4.69, 9.17) is 4.74 Å². The molecule has 0 aliphatic carbocycles. The molecule has 0 aliphatic rings. The molecule has 0 bridgehead atoms. The van der Waals surface area contributed by atoms with E-state index < -0.39 is 0 Å². The van der Waals surface area contributed by atoms with Crippen LogP contribution in [0.15, 0.2) is 9.98 Å². The van der Waals surface area contributed by atoms with Crippen molar-refractivity contribution in [1.29, 1.82) is 0 Å². The number of methoxy groups -OCH3 is 1. The summed E-state index contributed by atoms with van der Waals surface area (Å²) in [5, 5.41) is 1.06. The third-order valence-electron chi connectivity index (χ3n) is 1.61. The number of aromatic nitrogens is 1. The zero-order chi connectivity index (χ0) is 8.97. The van der Waals surface area contributed by atoms with Gasteiger partial charge in [0.05, 0.1) is 9.98 Å². The van der Waals surface area contributed by atoms with Gasteiger partial charge in [-0.05, 0) is 22.4 Å². The first-order valence-corrected chi connectivity index (χ1v) is 5.53. The lowest BCUT2D eigenvalue weighted by Gasteiger charge is -2.09. The van der Waals surface area contributed by atoms with Crippen molar-refractivity contribution < 1.29 is 4.74 Å². The van der Waals surface area contributed by atoms with Gasteiger partial charge in [-0.3, -0.25) is 0 Å². The summed E-state index contributed by atoms with van der Waals surface area (Å²) in [4.78, 5) is 4.25. The first-order chi connectivity index (χ1) is 5.77. The molecule has 1 aromatic heterocycles. The monoisotopic (exact) mass is 249 g/mol. The molecular formula is C8H12BrNOS. The molecule has 0 amide bonds. The minimum Gasteiger partial charge on any atom is -0.374 e. The van der Waals surface area contributed by atoms with E-state index in [1.54, 1.807) is 18.4 Å². The van der Waals surface area contributed by atoms with Gasteiger partial charge in [0.15, 0.2) is 0 Å². The molecule has 0 unspecified atom stereocenters. The summed E-state index contributed by atoms with van der Waals surface area (Å²) < 4.78 is 6.38. The predicted octanol–water partition coefficient (Wildman–Crippen LogP) is 3.39.